The molecule has 2 aliphatic heterocycles. The van der Waals surface area contributed by atoms with Gasteiger partial charge >= 0.3 is 0 Å². The lowest BCUT2D eigenvalue weighted by atomic mass is 9.63. The Morgan fingerprint density at radius 2 is 0.778 bits per heavy atom. The van der Waals surface area contributed by atoms with E-state index in [4.69, 9.17) is 0 Å². The molecule has 0 aromatic heterocycles. The second-order valence-electron chi connectivity index (χ2n) is 10.3. The van der Waals surface area contributed by atoms with Crippen molar-refractivity contribution in [3.8, 4) is 0 Å². The van der Waals surface area contributed by atoms with Crippen molar-refractivity contribution in [2.24, 2.45) is 10.8 Å². The molecule has 4 rings (SSSR count). The topological polar surface area (TPSA) is 6.48 Å². The molecule has 2 saturated carbocycles. The van der Waals surface area contributed by atoms with Crippen LogP contribution in [0.2, 0.25) is 0 Å². The monoisotopic (exact) mass is 378 g/mol. The van der Waals surface area contributed by atoms with Crippen LogP contribution >= 0.6 is 0 Å². The third kappa shape index (κ3) is 6.20. The minimum absolute atomic E-state index is 0.763. The molecular weight excluding hydrogens is 328 g/mol. The lowest BCUT2D eigenvalue weighted by molar-refractivity contribution is 0.0220. The highest BCUT2D eigenvalue weighted by molar-refractivity contribution is 4.92. The van der Waals surface area contributed by atoms with Crippen LogP contribution in [0.15, 0.2) is 0 Å². The normalized spacial score (nSPS) is 27.1. The molecule has 0 aromatic carbocycles. The highest BCUT2D eigenvalue weighted by atomic mass is 15.2. The SMILES string of the molecule is CC.CC(C)N1CCC2(CCC2)CC1.CC(C)N1CCC2(CCCC2)CC1. The predicted octanol–water partition coefficient (Wildman–Crippen LogP) is 6.74. The summed E-state index contributed by atoms with van der Waals surface area (Å²) in [6.07, 6.45) is 16.5. The van der Waals surface area contributed by atoms with Crippen LogP contribution in [0, 0.1) is 10.8 Å². The third-order valence-electron chi connectivity index (χ3n) is 8.26. The van der Waals surface area contributed by atoms with E-state index in [2.05, 4.69) is 37.5 Å². The van der Waals surface area contributed by atoms with Crippen molar-refractivity contribution in [3.05, 3.63) is 0 Å². The van der Waals surface area contributed by atoms with Crippen LogP contribution in [0.3, 0.4) is 0 Å². The van der Waals surface area contributed by atoms with Crippen molar-refractivity contribution < 1.29 is 0 Å². The molecular formula is C25H50N2. The van der Waals surface area contributed by atoms with E-state index in [1.54, 1.807) is 0 Å². The number of piperidine rings is 2. The zero-order valence-corrected chi connectivity index (χ0v) is 19.7. The van der Waals surface area contributed by atoms with Gasteiger partial charge in [0, 0.05) is 12.1 Å². The van der Waals surface area contributed by atoms with E-state index in [1.807, 2.05) is 13.8 Å². The van der Waals surface area contributed by atoms with Crippen molar-refractivity contribution in [1.29, 1.82) is 0 Å². The first-order chi connectivity index (χ1) is 12.9. The minimum atomic E-state index is 0.763. The summed E-state index contributed by atoms with van der Waals surface area (Å²) < 4.78 is 0. The largest absolute Gasteiger partial charge is 0.301 e. The van der Waals surface area contributed by atoms with Crippen molar-refractivity contribution >= 4 is 0 Å². The first-order valence-electron chi connectivity index (χ1n) is 12.4. The van der Waals surface area contributed by atoms with Gasteiger partial charge in [-0.1, -0.05) is 33.1 Å². The van der Waals surface area contributed by atoms with Gasteiger partial charge in [-0.2, -0.15) is 0 Å². The molecule has 2 aliphatic carbocycles. The fourth-order valence-electron chi connectivity index (χ4n) is 5.83. The van der Waals surface area contributed by atoms with E-state index >= 15 is 0 Å². The summed E-state index contributed by atoms with van der Waals surface area (Å²) in [6.45, 7) is 18.7. The summed E-state index contributed by atoms with van der Waals surface area (Å²) >= 11 is 0. The molecule has 4 aliphatic rings. The molecule has 0 unspecified atom stereocenters. The lowest BCUT2D eigenvalue weighted by Crippen LogP contribution is -2.45. The molecule has 4 fully saturated rings. The summed E-state index contributed by atoms with van der Waals surface area (Å²) in [5.41, 5.74) is 1.62. The molecule has 2 spiro atoms. The van der Waals surface area contributed by atoms with Gasteiger partial charge in [-0.15, -0.1) is 0 Å². The van der Waals surface area contributed by atoms with Gasteiger partial charge in [0.15, 0.2) is 0 Å². The maximum atomic E-state index is 2.64. The molecule has 2 saturated heterocycles. The van der Waals surface area contributed by atoms with Crippen LogP contribution in [0.25, 0.3) is 0 Å². The average Bonchev–Trinajstić information content (AvgIpc) is 3.11. The van der Waals surface area contributed by atoms with Crippen LogP contribution in [-0.2, 0) is 0 Å². The molecule has 160 valence electrons. The fraction of sp³-hybridized carbons (Fsp3) is 1.00. The molecule has 0 bridgehead atoms. The van der Waals surface area contributed by atoms with E-state index in [9.17, 15) is 0 Å². The quantitative estimate of drug-likeness (QED) is 0.525. The molecule has 27 heavy (non-hydrogen) atoms. The van der Waals surface area contributed by atoms with Gasteiger partial charge < -0.3 is 9.80 Å². The van der Waals surface area contributed by atoms with Gasteiger partial charge in [0.1, 0.15) is 0 Å². The highest BCUT2D eigenvalue weighted by Gasteiger charge is 2.39. The lowest BCUT2D eigenvalue weighted by Gasteiger charge is -2.49. The number of hydrogen-bond donors (Lipinski definition) is 0. The number of nitrogens with zero attached hydrogens (tertiary/aromatic N) is 2. The Bertz CT molecular complexity index is 385. The van der Waals surface area contributed by atoms with Crippen LogP contribution in [0.4, 0.5) is 0 Å². The number of likely N-dealkylation sites (tertiary alicyclic amines) is 2. The summed E-state index contributed by atoms with van der Waals surface area (Å²) in [5.74, 6) is 0. The Morgan fingerprint density at radius 3 is 1.00 bits per heavy atom. The van der Waals surface area contributed by atoms with E-state index in [0.29, 0.717) is 0 Å². The second kappa shape index (κ2) is 10.6. The molecule has 0 atom stereocenters. The summed E-state index contributed by atoms with van der Waals surface area (Å²) in [5, 5.41) is 0. The maximum absolute atomic E-state index is 2.64. The highest BCUT2D eigenvalue weighted by Crippen LogP contribution is 2.49. The van der Waals surface area contributed by atoms with E-state index in [0.717, 1.165) is 22.9 Å². The number of hydrogen-bond acceptors (Lipinski definition) is 2. The first kappa shape index (κ1) is 23.2. The predicted molar refractivity (Wildman–Crippen MR) is 120 cm³/mol. The molecule has 2 heterocycles. The second-order valence-corrected chi connectivity index (χ2v) is 10.3. The van der Waals surface area contributed by atoms with Gasteiger partial charge in [-0.25, -0.2) is 0 Å². The Kier molecular flexibility index (Phi) is 9.13. The molecule has 0 aromatic rings. The van der Waals surface area contributed by atoms with E-state index in [-0.39, 0.29) is 0 Å². The Hall–Kier alpha value is -0.0800. The first-order valence-corrected chi connectivity index (χ1v) is 12.4. The van der Waals surface area contributed by atoms with Crippen LogP contribution in [-0.4, -0.2) is 48.1 Å². The number of rotatable bonds is 2. The Balaban J connectivity index is 0.000000178. The summed E-state index contributed by atoms with van der Waals surface area (Å²) in [7, 11) is 0. The molecule has 2 heteroatoms. The maximum Gasteiger partial charge on any atom is 0.00385 e. The fourth-order valence-corrected chi connectivity index (χ4v) is 5.83. The van der Waals surface area contributed by atoms with Crippen LogP contribution < -0.4 is 0 Å². The van der Waals surface area contributed by atoms with Crippen molar-refractivity contribution in [3.63, 3.8) is 0 Å². The zero-order chi connectivity index (χ0) is 19.9. The minimum Gasteiger partial charge on any atom is -0.301 e. The average molecular weight is 379 g/mol. The molecule has 0 N–H and O–H groups in total. The smallest absolute Gasteiger partial charge is 0.00385 e. The summed E-state index contributed by atoms with van der Waals surface area (Å²) in [6, 6.07) is 1.53. The third-order valence-corrected chi connectivity index (χ3v) is 8.26. The van der Waals surface area contributed by atoms with Crippen LogP contribution in [0.1, 0.15) is 112 Å². The Labute approximate surface area is 171 Å². The standard InChI is InChI=1S/C12H23N.C11H21N.C2H6/c1-11(2)13-9-7-12(8-10-13)5-3-4-6-12;1-10(2)12-8-6-11(7-9-12)4-3-5-11;1-2/h11H,3-10H2,1-2H3;10H,3-9H2,1-2H3;1-2H3. The van der Waals surface area contributed by atoms with Crippen molar-refractivity contribution in [2.75, 3.05) is 26.2 Å². The molecule has 2 nitrogen and oxygen atoms in total. The van der Waals surface area contributed by atoms with E-state index in [1.165, 1.54) is 96.8 Å². The van der Waals surface area contributed by atoms with E-state index < -0.39 is 0 Å². The van der Waals surface area contributed by atoms with Crippen LogP contribution in [0.5, 0.6) is 0 Å². The zero-order valence-electron chi connectivity index (χ0n) is 19.7. The van der Waals surface area contributed by atoms with Crippen molar-refractivity contribution in [2.45, 2.75) is 124 Å². The van der Waals surface area contributed by atoms with Crippen molar-refractivity contribution in [1.82, 2.24) is 9.80 Å². The molecule has 0 radical (unpaired) electrons. The van der Waals surface area contributed by atoms with Gasteiger partial charge in [0.05, 0.1) is 0 Å². The van der Waals surface area contributed by atoms with Gasteiger partial charge in [-0.05, 0) is 116 Å². The Morgan fingerprint density at radius 1 is 0.481 bits per heavy atom. The van der Waals surface area contributed by atoms with Gasteiger partial charge in [-0.3, -0.25) is 0 Å². The van der Waals surface area contributed by atoms with Gasteiger partial charge in [0.25, 0.3) is 0 Å². The summed E-state index contributed by atoms with van der Waals surface area (Å²) in [4.78, 5) is 5.27. The van der Waals surface area contributed by atoms with Gasteiger partial charge in [0.2, 0.25) is 0 Å². The molecule has 0 amide bonds.